The van der Waals surface area contributed by atoms with Crippen molar-refractivity contribution in [2.75, 3.05) is 42.2 Å². The molecule has 3 atom stereocenters. The molecule has 0 spiro atoms. The maximum atomic E-state index is 11.5. The number of aromatic nitrogens is 2. The van der Waals surface area contributed by atoms with E-state index in [1.807, 2.05) is 18.7 Å². The van der Waals surface area contributed by atoms with E-state index in [1.54, 1.807) is 0 Å². The van der Waals surface area contributed by atoms with E-state index >= 15 is 0 Å². The molecule has 0 amide bonds. The first-order chi connectivity index (χ1) is 11.9. The largest absolute Gasteiger partial charge is 0.378 e. The molecule has 3 rings (SSSR count). The summed E-state index contributed by atoms with van der Waals surface area (Å²) in [5.41, 5.74) is 5.60. The number of hydrogen-bond donors (Lipinski definition) is 2. The number of nitro groups is 1. The molecule has 10 nitrogen and oxygen atoms in total. The van der Waals surface area contributed by atoms with E-state index in [2.05, 4.69) is 15.3 Å². The Kier molecular flexibility index (Phi) is 5.19. The number of morpholine rings is 1. The van der Waals surface area contributed by atoms with Crippen LogP contribution in [0.15, 0.2) is 0 Å². The van der Waals surface area contributed by atoms with E-state index in [1.165, 1.54) is 0 Å². The third-order valence-electron chi connectivity index (χ3n) is 4.31. The first-order valence-corrected chi connectivity index (χ1v) is 8.51. The molecule has 0 unspecified atom stereocenters. The Labute approximate surface area is 145 Å². The van der Waals surface area contributed by atoms with Gasteiger partial charge in [0.25, 0.3) is 0 Å². The fraction of sp³-hybridized carbons (Fsp3) is 0.733. The molecular weight excluding hydrogens is 328 g/mol. The second kappa shape index (κ2) is 7.36. The molecule has 0 bridgehead atoms. The Balaban J connectivity index is 1.86. The van der Waals surface area contributed by atoms with Crippen molar-refractivity contribution in [3.8, 4) is 0 Å². The number of ether oxygens (including phenoxy) is 2. The summed E-state index contributed by atoms with van der Waals surface area (Å²) in [6.45, 7) is 6.17. The number of nitrogens with one attached hydrogen (secondary N) is 1. The maximum absolute atomic E-state index is 11.5. The summed E-state index contributed by atoms with van der Waals surface area (Å²) in [5, 5.41) is 14.6. The summed E-state index contributed by atoms with van der Waals surface area (Å²) in [5.74, 6) is 0.367. The molecule has 2 aliphatic heterocycles. The Hall–Kier alpha value is -2.20. The van der Waals surface area contributed by atoms with Crippen LogP contribution in [0.4, 0.5) is 23.3 Å². The van der Waals surface area contributed by atoms with Gasteiger partial charge in [-0.25, -0.2) is 0 Å². The monoisotopic (exact) mass is 352 g/mol. The first kappa shape index (κ1) is 17.6. The van der Waals surface area contributed by atoms with Crippen LogP contribution in [0, 0.1) is 10.1 Å². The SMILES string of the molecule is C[C@@H]1CN(c2nc(NC[C@@H]3CCCO3)nc(N)c2[N+](=O)[O-])C[C@@H](C)O1. The number of nitrogens with zero attached hydrogens (tertiary/aromatic N) is 4. The molecule has 138 valence electrons. The highest BCUT2D eigenvalue weighted by molar-refractivity contribution is 5.71. The molecule has 2 aliphatic rings. The van der Waals surface area contributed by atoms with Crippen molar-refractivity contribution < 1.29 is 14.4 Å². The third-order valence-corrected chi connectivity index (χ3v) is 4.31. The predicted octanol–water partition coefficient (Wildman–Crippen LogP) is 1.17. The van der Waals surface area contributed by atoms with Crippen molar-refractivity contribution in [2.45, 2.75) is 45.0 Å². The molecular formula is C15H24N6O4. The van der Waals surface area contributed by atoms with Crippen LogP contribution in [-0.2, 0) is 9.47 Å². The van der Waals surface area contributed by atoms with Gasteiger partial charge in [0, 0.05) is 26.2 Å². The van der Waals surface area contributed by atoms with Crippen molar-refractivity contribution in [1.82, 2.24) is 9.97 Å². The normalized spacial score (nSPS) is 26.6. The molecule has 25 heavy (non-hydrogen) atoms. The average molecular weight is 352 g/mol. The lowest BCUT2D eigenvalue weighted by atomic mass is 10.2. The van der Waals surface area contributed by atoms with Crippen LogP contribution in [0.2, 0.25) is 0 Å². The fourth-order valence-corrected chi connectivity index (χ4v) is 3.30. The van der Waals surface area contributed by atoms with E-state index in [9.17, 15) is 10.1 Å². The minimum atomic E-state index is -0.528. The predicted molar refractivity (Wildman–Crippen MR) is 92.8 cm³/mol. The van der Waals surface area contributed by atoms with Gasteiger partial charge >= 0.3 is 5.69 Å². The molecule has 3 heterocycles. The van der Waals surface area contributed by atoms with Crippen LogP contribution in [-0.4, -0.2) is 59.4 Å². The van der Waals surface area contributed by atoms with Crippen LogP contribution in [0.3, 0.4) is 0 Å². The minimum absolute atomic E-state index is 0.0529. The molecule has 1 aromatic rings. The van der Waals surface area contributed by atoms with Crippen molar-refractivity contribution in [3.63, 3.8) is 0 Å². The van der Waals surface area contributed by atoms with Crippen LogP contribution in [0.5, 0.6) is 0 Å². The highest BCUT2D eigenvalue weighted by Gasteiger charge is 2.32. The van der Waals surface area contributed by atoms with Gasteiger partial charge < -0.3 is 25.4 Å². The smallest absolute Gasteiger partial charge is 0.353 e. The summed E-state index contributed by atoms with van der Waals surface area (Å²) < 4.78 is 11.3. The summed E-state index contributed by atoms with van der Waals surface area (Å²) in [7, 11) is 0. The van der Waals surface area contributed by atoms with E-state index in [-0.39, 0.29) is 41.6 Å². The van der Waals surface area contributed by atoms with Gasteiger partial charge in [-0.3, -0.25) is 10.1 Å². The van der Waals surface area contributed by atoms with Crippen LogP contribution >= 0.6 is 0 Å². The second-order valence-electron chi connectivity index (χ2n) is 6.54. The average Bonchev–Trinajstić information content (AvgIpc) is 3.04. The standard InChI is InChI=1S/C15H24N6O4/c1-9-7-20(8-10(2)25-9)14-12(21(22)23)13(16)18-15(19-14)17-6-11-4-3-5-24-11/h9-11H,3-8H2,1-2H3,(H3,16,17,18,19)/t9-,10-,11+/m1/s1. The zero-order chi connectivity index (χ0) is 18.0. The highest BCUT2D eigenvalue weighted by Crippen LogP contribution is 2.33. The molecule has 10 heteroatoms. The van der Waals surface area contributed by atoms with Crippen LogP contribution < -0.4 is 16.0 Å². The fourth-order valence-electron chi connectivity index (χ4n) is 3.30. The number of nitrogen functional groups attached to an aromatic ring is 1. The van der Waals surface area contributed by atoms with Gasteiger partial charge in [0.15, 0.2) is 0 Å². The van der Waals surface area contributed by atoms with E-state index in [4.69, 9.17) is 15.2 Å². The number of nitrogens with two attached hydrogens (primary N) is 1. The number of anilines is 3. The summed E-state index contributed by atoms with van der Waals surface area (Å²) >= 11 is 0. The number of hydrogen-bond acceptors (Lipinski definition) is 9. The van der Waals surface area contributed by atoms with Crippen molar-refractivity contribution >= 4 is 23.3 Å². The lowest BCUT2D eigenvalue weighted by molar-refractivity contribution is -0.383. The minimum Gasteiger partial charge on any atom is -0.378 e. The zero-order valence-corrected chi connectivity index (χ0v) is 14.5. The van der Waals surface area contributed by atoms with Crippen LogP contribution in [0.25, 0.3) is 0 Å². The Bertz CT molecular complexity index is 627. The number of rotatable bonds is 5. The van der Waals surface area contributed by atoms with Gasteiger partial charge in [-0.15, -0.1) is 0 Å². The Morgan fingerprint density at radius 1 is 1.36 bits per heavy atom. The Morgan fingerprint density at radius 3 is 2.68 bits per heavy atom. The maximum Gasteiger partial charge on any atom is 0.353 e. The van der Waals surface area contributed by atoms with Crippen molar-refractivity contribution in [2.24, 2.45) is 0 Å². The first-order valence-electron chi connectivity index (χ1n) is 8.51. The highest BCUT2D eigenvalue weighted by atomic mass is 16.6. The van der Waals surface area contributed by atoms with Crippen molar-refractivity contribution in [1.29, 1.82) is 0 Å². The summed E-state index contributed by atoms with van der Waals surface area (Å²) in [6.07, 6.45) is 2.00. The van der Waals surface area contributed by atoms with Gasteiger partial charge in [-0.05, 0) is 26.7 Å². The summed E-state index contributed by atoms with van der Waals surface area (Å²) in [6, 6.07) is 0. The van der Waals surface area contributed by atoms with E-state index in [0.717, 1.165) is 19.4 Å². The molecule has 2 fully saturated rings. The second-order valence-corrected chi connectivity index (χ2v) is 6.54. The van der Waals surface area contributed by atoms with Gasteiger partial charge in [0.1, 0.15) is 0 Å². The molecule has 2 saturated heterocycles. The Morgan fingerprint density at radius 2 is 2.08 bits per heavy atom. The third kappa shape index (κ3) is 4.07. The molecule has 3 N–H and O–H groups in total. The lowest BCUT2D eigenvalue weighted by Gasteiger charge is -2.35. The van der Waals surface area contributed by atoms with Gasteiger partial charge in [-0.1, -0.05) is 0 Å². The molecule has 0 saturated carbocycles. The molecule has 0 aromatic carbocycles. The van der Waals surface area contributed by atoms with Gasteiger partial charge in [0.2, 0.25) is 17.6 Å². The molecule has 1 aromatic heterocycles. The van der Waals surface area contributed by atoms with Gasteiger partial charge in [0.05, 0.1) is 23.2 Å². The lowest BCUT2D eigenvalue weighted by Crippen LogP contribution is -2.46. The van der Waals surface area contributed by atoms with Gasteiger partial charge in [-0.2, -0.15) is 9.97 Å². The zero-order valence-electron chi connectivity index (χ0n) is 14.5. The van der Waals surface area contributed by atoms with Crippen LogP contribution in [0.1, 0.15) is 26.7 Å². The summed E-state index contributed by atoms with van der Waals surface area (Å²) in [4.78, 5) is 21.2. The molecule has 0 radical (unpaired) electrons. The van der Waals surface area contributed by atoms with Crippen molar-refractivity contribution in [3.05, 3.63) is 10.1 Å². The quantitative estimate of drug-likeness (QED) is 0.592. The van der Waals surface area contributed by atoms with E-state index in [0.29, 0.717) is 19.6 Å². The molecule has 0 aliphatic carbocycles. The topological polar surface area (TPSA) is 129 Å². The van der Waals surface area contributed by atoms with E-state index < -0.39 is 4.92 Å².